The van der Waals surface area contributed by atoms with Gasteiger partial charge in [0, 0.05) is 26.4 Å². The summed E-state index contributed by atoms with van der Waals surface area (Å²) in [7, 11) is 1.60. The highest BCUT2D eigenvalue weighted by molar-refractivity contribution is 6.09. The molecule has 0 fully saturated rings. The van der Waals surface area contributed by atoms with Crippen LogP contribution in [0.1, 0.15) is 44.9 Å². The zero-order chi connectivity index (χ0) is 17.8. The summed E-state index contributed by atoms with van der Waals surface area (Å²) in [6.07, 6.45) is 1.69. The summed E-state index contributed by atoms with van der Waals surface area (Å²) in [5.41, 5.74) is 2.55. The van der Waals surface area contributed by atoms with E-state index in [0.29, 0.717) is 30.8 Å². The molecule has 25 heavy (non-hydrogen) atoms. The summed E-state index contributed by atoms with van der Waals surface area (Å²) in [5, 5.41) is 2.92. The van der Waals surface area contributed by atoms with Crippen molar-refractivity contribution in [3.05, 3.63) is 65.0 Å². The molecule has 1 aromatic heterocycles. The van der Waals surface area contributed by atoms with Crippen molar-refractivity contribution in [1.29, 1.82) is 0 Å². The third-order valence-electron chi connectivity index (χ3n) is 4.30. The molecule has 2 amide bonds. The van der Waals surface area contributed by atoms with Crippen molar-refractivity contribution in [1.82, 2.24) is 15.2 Å². The summed E-state index contributed by atoms with van der Waals surface area (Å²) >= 11 is 0. The van der Waals surface area contributed by atoms with Crippen LogP contribution in [0.5, 0.6) is 0 Å². The molecule has 0 saturated carbocycles. The number of benzene rings is 1. The van der Waals surface area contributed by atoms with Gasteiger partial charge in [-0.15, -0.1) is 0 Å². The van der Waals surface area contributed by atoms with Crippen LogP contribution in [0.15, 0.2) is 42.6 Å². The van der Waals surface area contributed by atoms with Crippen molar-refractivity contribution in [2.45, 2.75) is 19.5 Å². The quantitative estimate of drug-likeness (QED) is 0.875. The molecule has 0 spiro atoms. The van der Waals surface area contributed by atoms with E-state index in [4.69, 9.17) is 4.74 Å². The summed E-state index contributed by atoms with van der Waals surface area (Å²) in [6.45, 7) is 3.36. The molecule has 1 aromatic carbocycles. The Kier molecular flexibility index (Phi) is 5.09. The zero-order valence-corrected chi connectivity index (χ0v) is 14.4. The molecule has 1 aliphatic heterocycles. The van der Waals surface area contributed by atoms with Crippen LogP contribution >= 0.6 is 0 Å². The van der Waals surface area contributed by atoms with Gasteiger partial charge < -0.3 is 15.0 Å². The van der Waals surface area contributed by atoms with Crippen LogP contribution in [-0.4, -0.2) is 42.0 Å². The van der Waals surface area contributed by atoms with Crippen LogP contribution in [0, 0.1) is 0 Å². The zero-order valence-electron chi connectivity index (χ0n) is 14.4. The first-order valence-corrected chi connectivity index (χ1v) is 8.23. The van der Waals surface area contributed by atoms with E-state index in [1.54, 1.807) is 24.3 Å². The van der Waals surface area contributed by atoms with Crippen LogP contribution in [0.25, 0.3) is 0 Å². The standard InChI is InChI=1S/C19H21N3O3/c1-13(16-8-3-4-9-20-16)21-18(23)15-7-5-6-14-12-22(10-11-25-2)19(24)17(14)15/h3-9,13H,10-12H2,1-2H3,(H,21,23)/t13-/m0/s1. The average molecular weight is 339 g/mol. The summed E-state index contributed by atoms with van der Waals surface area (Å²) in [5.74, 6) is -0.389. The summed E-state index contributed by atoms with van der Waals surface area (Å²) in [6, 6.07) is 10.7. The second-order valence-electron chi connectivity index (χ2n) is 6.01. The molecule has 0 radical (unpaired) electrons. The Morgan fingerprint density at radius 2 is 2.16 bits per heavy atom. The van der Waals surface area contributed by atoms with Crippen LogP contribution in [0.2, 0.25) is 0 Å². The molecule has 6 nitrogen and oxygen atoms in total. The molecule has 2 heterocycles. The Morgan fingerprint density at radius 3 is 2.88 bits per heavy atom. The first kappa shape index (κ1) is 17.1. The minimum absolute atomic E-state index is 0.122. The van der Waals surface area contributed by atoms with E-state index in [2.05, 4.69) is 10.3 Å². The fraction of sp³-hybridized carbons (Fsp3) is 0.316. The van der Waals surface area contributed by atoms with Crippen LogP contribution in [0.3, 0.4) is 0 Å². The lowest BCUT2D eigenvalue weighted by Gasteiger charge is -2.16. The van der Waals surface area contributed by atoms with E-state index in [1.165, 1.54) is 0 Å². The minimum atomic E-state index is -0.267. The number of fused-ring (bicyclic) bond motifs is 1. The topological polar surface area (TPSA) is 71.5 Å². The van der Waals surface area contributed by atoms with Crippen LogP contribution in [-0.2, 0) is 11.3 Å². The highest BCUT2D eigenvalue weighted by atomic mass is 16.5. The molecule has 130 valence electrons. The van der Waals surface area contributed by atoms with Gasteiger partial charge >= 0.3 is 0 Å². The van der Waals surface area contributed by atoms with Gasteiger partial charge in [-0.05, 0) is 30.7 Å². The van der Waals surface area contributed by atoms with Crippen LogP contribution < -0.4 is 5.32 Å². The fourth-order valence-corrected chi connectivity index (χ4v) is 2.97. The van der Waals surface area contributed by atoms with Gasteiger partial charge in [0.15, 0.2) is 0 Å². The van der Waals surface area contributed by atoms with Crippen LogP contribution in [0.4, 0.5) is 0 Å². The Bertz CT molecular complexity index is 777. The van der Waals surface area contributed by atoms with E-state index in [-0.39, 0.29) is 17.9 Å². The number of carbonyl (C=O) groups excluding carboxylic acids is 2. The second-order valence-corrected chi connectivity index (χ2v) is 6.01. The molecule has 1 aliphatic rings. The Labute approximate surface area is 146 Å². The number of amides is 2. The number of aromatic nitrogens is 1. The van der Waals surface area contributed by atoms with E-state index in [1.807, 2.05) is 37.3 Å². The van der Waals surface area contributed by atoms with Gasteiger partial charge in [0.1, 0.15) is 0 Å². The number of nitrogens with one attached hydrogen (secondary N) is 1. The van der Waals surface area contributed by atoms with Gasteiger partial charge in [0.2, 0.25) is 0 Å². The molecule has 0 saturated heterocycles. The summed E-state index contributed by atoms with van der Waals surface area (Å²) in [4.78, 5) is 31.3. The molecule has 0 aliphatic carbocycles. The number of methoxy groups -OCH3 is 1. The molecule has 1 atom stereocenters. The van der Waals surface area contributed by atoms with Gasteiger partial charge in [0.25, 0.3) is 11.8 Å². The lowest BCUT2D eigenvalue weighted by Crippen LogP contribution is -2.31. The van der Waals surface area contributed by atoms with Crippen molar-refractivity contribution >= 4 is 11.8 Å². The number of hydrogen-bond acceptors (Lipinski definition) is 4. The molecule has 1 N–H and O–H groups in total. The first-order valence-electron chi connectivity index (χ1n) is 8.23. The Morgan fingerprint density at radius 1 is 1.32 bits per heavy atom. The normalized spacial score (nSPS) is 14.3. The van der Waals surface area contributed by atoms with Gasteiger partial charge in [-0.3, -0.25) is 14.6 Å². The van der Waals surface area contributed by atoms with Crippen molar-refractivity contribution in [3.8, 4) is 0 Å². The smallest absolute Gasteiger partial charge is 0.255 e. The monoisotopic (exact) mass is 339 g/mol. The molecule has 6 heteroatoms. The Balaban J connectivity index is 1.80. The van der Waals surface area contributed by atoms with E-state index < -0.39 is 0 Å². The SMILES string of the molecule is COCCN1Cc2cccc(C(=O)N[C@@H](C)c3ccccn3)c2C1=O. The molecule has 2 aromatic rings. The molecule has 0 bridgehead atoms. The average Bonchev–Trinajstić information content (AvgIpc) is 2.96. The lowest BCUT2D eigenvalue weighted by molar-refractivity contribution is 0.0715. The minimum Gasteiger partial charge on any atom is -0.383 e. The molecular weight excluding hydrogens is 318 g/mol. The van der Waals surface area contributed by atoms with Crippen molar-refractivity contribution in [3.63, 3.8) is 0 Å². The van der Waals surface area contributed by atoms with E-state index in [0.717, 1.165) is 11.3 Å². The highest BCUT2D eigenvalue weighted by Crippen LogP contribution is 2.26. The number of rotatable bonds is 6. The fourth-order valence-electron chi connectivity index (χ4n) is 2.97. The maximum atomic E-state index is 12.7. The molecular formula is C19H21N3O3. The second kappa shape index (κ2) is 7.44. The van der Waals surface area contributed by atoms with Gasteiger partial charge in [-0.1, -0.05) is 18.2 Å². The predicted octanol–water partition coefficient (Wildman–Crippen LogP) is 2.17. The molecule has 0 unspecified atom stereocenters. The van der Waals surface area contributed by atoms with E-state index in [9.17, 15) is 9.59 Å². The number of ether oxygens (including phenoxy) is 1. The lowest BCUT2D eigenvalue weighted by atomic mass is 10.0. The number of carbonyl (C=O) groups is 2. The maximum absolute atomic E-state index is 12.7. The predicted molar refractivity (Wildman–Crippen MR) is 93.2 cm³/mol. The molecule has 3 rings (SSSR count). The van der Waals surface area contributed by atoms with Crippen molar-refractivity contribution in [2.75, 3.05) is 20.3 Å². The van der Waals surface area contributed by atoms with Gasteiger partial charge in [-0.25, -0.2) is 0 Å². The number of hydrogen-bond donors (Lipinski definition) is 1. The number of nitrogens with zero attached hydrogens (tertiary/aromatic N) is 2. The van der Waals surface area contributed by atoms with Crippen molar-refractivity contribution < 1.29 is 14.3 Å². The Hall–Kier alpha value is -2.73. The summed E-state index contributed by atoms with van der Waals surface area (Å²) < 4.78 is 5.05. The number of pyridine rings is 1. The third kappa shape index (κ3) is 3.53. The van der Waals surface area contributed by atoms with E-state index >= 15 is 0 Å². The van der Waals surface area contributed by atoms with Crippen molar-refractivity contribution in [2.24, 2.45) is 0 Å². The highest BCUT2D eigenvalue weighted by Gasteiger charge is 2.31. The first-order chi connectivity index (χ1) is 12.1. The van der Waals surface area contributed by atoms with Gasteiger partial charge in [0.05, 0.1) is 29.5 Å². The van der Waals surface area contributed by atoms with Gasteiger partial charge in [-0.2, -0.15) is 0 Å². The maximum Gasteiger partial charge on any atom is 0.255 e. The largest absolute Gasteiger partial charge is 0.383 e. The third-order valence-corrected chi connectivity index (χ3v) is 4.30.